The van der Waals surface area contributed by atoms with Crippen LogP contribution in [0, 0.1) is 5.92 Å². The van der Waals surface area contributed by atoms with Gasteiger partial charge in [-0.05, 0) is 25.2 Å². The highest BCUT2D eigenvalue weighted by atomic mass is 14.6. The Morgan fingerprint density at radius 1 is 1.45 bits per heavy atom. The van der Waals surface area contributed by atoms with Gasteiger partial charge in [-0.3, -0.25) is 0 Å². The van der Waals surface area contributed by atoms with Crippen LogP contribution in [0.5, 0.6) is 0 Å². The zero-order chi connectivity index (χ0) is 8.69. The van der Waals surface area contributed by atoms with E-state index in [-0.39, 0.29) is 0 Å². The molecule has 11 heavy (non-hydrogen) atoms. The molecule has 0 aliphatic carbocycles. The van der Waals surface area contributed by atoms with Gasteiger partial charge in [0.2, 0.25) is 0 Å². The van der Waals surface area contributed by atoms with Crippen molar-refractivity contribution < 1.29 is 0 Å². The van der Waals surface area contributed by atoms with E-state index in [1.54, 1.807) is 0 Å². The van der Waals surface area contributed by atoms with Gasteiger partial charge in [0.15, 0.2) is 0 Å². The number of allylic oxidation sites excluding steroid dienone is 1. The van der Waals surface area contributed by atoms with Crippen molar-refractivity contribution in [1.29, 1.82) is 0 Å². The zero-order valence-electron chi connectivity index (χ0n) is 7.84. The highest BCUT2D eigenvalue weighted by Crippen LogP contribution is 2.12. The zero-order valence-corrected chi connectivity index (χ0v) is 7.84. The Kier molecular flexibility index (Phi) is 6.24. The molecule has 1 nitrogen and oxygen atoms in total. The van der Waals surface area contributed by atoms with E-state index >= 15 is 0 Å². The smallest absolute Gasteiger partial charge is 0.00674 e. The van der Waals surface area contributed by atoms with Crippen molar-refractivity contribution in [2.24, 2.45) is 11.7 Å². The van der Waals surface area contributed by atoms with Crippen LogP contribution < -0.4 is 5.73 Å². The quantitative estimate of drug-likeness (QED) is 0.586. The van der Waals surface area contributed by atoms with Crippen LogP contribution >= 0.6 is 0 Å². The second-order valence-corrected chi connectivity index (χ2v) is 3.30. The number of nitrogens with two attached hydrogens (primary N) is 1. The van der Waals surface area contributed by atoms with Crippen molar-refractivity contribution in [3.8, 4) is 0 Å². The summed E-state index contributed by atoms with van der Waals surface area (Å²) >= 11 is 0. The summed E-state index contributed by atoms with van der Waals surface area (Å²) in [5.41, 5.74) is 5.94. The molecule has 0 aromatic heterocycles. The first kappa shape index (κ1) is 10.7. The van der Waals surface area contributed by atoms with Gasteiger partial charge in [-0.1, -0.05) is 26.3 Å². The molecule has 0 aliphatic heterocycles. The van der Waals surface area contributed by atoms with Gasteiger partial charge in [-0.2, -0.15) is 0 Å². The molecule has 0 saturated heterocycles. The van der Waals surface area contributed by atoms with Crippen LogP contribution in [0.25, 0.3) is 0 Å². The molecule has 0 fully saturated rings. The summed E-state index contributed by atoms with van der Waals surface area (Å²) in [6, 6.07) is 0.368. The topological polar surface area (TPSA) is 26.0 Å². The maximum Gasteiger partial charge on any atom is 0.00674 e. The highest BCUT2D eigenvalue weighted by Gasteiger charge is 2.09. The number of rotatable bonds is 6. The molecule has 0 bridgehead atoms. The monoisotopic (exact) mass is 155 g/mol. The van der Waals surface area contributed by atoms with E-state index in [1.165, 1.54) is 12.8 Å². The van der Waals surface area contributed by atoms with E-state index in [0.29, 0.717) is 12.0 Å². The summed E-state index contributed by atoms with van der Waals surface area (Å²) in [7, 11) is 0. The van der Waals surface area contributed by atoms with Crippen LogP contribution in [-0.2, 0) is 0 Å². The van der Waals surface area contributed by atoms with Crippen molar-refractivity contribution in [2.75, 3.05) is 0 Å². The van der Waals surface area contributed by atoms with E-state index in [4.69, 9.17) is 5.73 Å². The predicted molar refractivity (Wildman–Crippen MR) is 51.5 cm³/mol. The molecule has 2 unspecified atom stereocenters. The Bertz CT molecular complexity index is 99.0. The van der Waals surface area contributed by atoms with E-state index in [2.05, 4.69) is 20.4 Å². The highest BCUT2D eigenvalue weighted by molar-refractivity contribution is 4.74. The van der Waals surface area contributed by atoms with E-state index in [9.17, 15) is 0 Å². The van der Waals surface area contributed by atoms with Crippen molar-refractivity contribution in [1.82, 2.24) is 0 Å². The molecule has 0 spiro atoms. The van der Waals surface area contributed by atoms with Crippen molar-refractivity contribution in [3.05, 3.63) is 12.7 Å². The summed E-state index contributed by atoms with van der Waals surface area (Å²) < 4.78 is 0. The van der Waals surface area contributed by atoms with Crippen molar-refractivity contribution >= 4 is 0 Å². The second-order valence-electron chi connectivity index (χ2n) is 3.30. The summed E-state index contributed by atoms with van der Waals surface area (Å²) in [4.78, 5) is 0. The molecule has 0 amide bonds. The molecule has 0 rings (SSSR count). The molecule has 0 aromatic carbocycles. The molecule has 1 heteroatoms. The molecule has 0 radical (unpaired) electrons. The van der Waals surface area contributed by atoms with E-state index in [0.717, 1.165) is 12.8 Å². The summed E-state index contributed by atoms with van der Waals surface area (Å²) in [6.45, 7) is 8.12. The van der Waals surface area contributed by atoms with Gasteiger partial charge in [0, 0.05) is 6.04 Å². The molecular weight excluding hydrogens is 134 g/mol. The average Bonchev–Trinajstić information content (AvgIpc) is 2.00. The molecule has 0 aromatic rings. The summed E-state index contributed by atoms with van der Waals surface area (Å²) in [5, 5.41) is 0. The van der Waals surface area contributed by atoms with Crippen LogP contribution in [0.15, 0.2) is 12.7 Å². The lowest BCUT2D eigenvalue weighted by atomic mass is 9.94. The maximum atomic E-state index is 5.94. The Morgan fingerprint density at radius 2 is 2.09 bits per heavy atom. The first-order chi connectivity index (χ1) is 5.22. The first-order valence-electron chi connectivity index (χ1n) is 4.58. The van der Waals surface area contributed by atoms with E-state index < -0.39 is 0 Å². The molecule has 0 aliphatic rings. The standard InChI is InChI=1S/C10H21N/c1-4-6-8-10(11)9(3)7-5-2/h4,9-10H,1,5-8,11H2,2-3H3. The molecule has 2 atom stereocenters. The average molecular weight is 155 g/mol. The Hall–Kier alpha value is -0.300. The normalized spacial score (nSPS) is 15.9. The van der Waals surface area contributed by atoms with Crippen LogP contribution in [0.1, 0.15) is 39.5 Å². The molecule has 0 saturated carbocycles. The van der Waals surface area contributed by atoms with Crippen molar-refractivity contribution in [2.45, 2.75) is 45.6 Å². The molecule has 0 heterocycles. The number of hydrogen-bond donors (Lipinski definition) is 1. The predicted octanol–water partition coefficient (Wildman–Crippen LogP) is 2.72. The molecule has 66 valence electrons. The lowest BCUT2D eigenvalue weighted by Gasteiger charge is -2.18. The molecule has 2 N–H and O–H groups in total. The summed E-state index contributed by atoms with van der Waals surface area (Å²) in [6.07, 6.45) is 6.57. The minimum Gasteiger partial charge on any atom is -0.327 e. The third kappa shape index (κ3) is 5.02. The fourth-order valence-electron chi connectivity index (χ4n) is 1.26. The first-order valence-corrected chi connectivity index (χ1v) is 4.58. The third-order valence-electron chi connectivity index (χ3n) is 2.18. The van der Waals surface area contributed by atoms with Crippen LogP contribution in [-0.4, -0.2) is 6.04 Å². The lowest BCUT2D eigenvalue weighted by molar-refractivity contribution is 0.404. The fourth-order valence-corrected chi connectivity index (χ4v) is 1.26. The third-order valence-corrected chi connectivity index (χ3v) is 2.18. The number of hydrogen-bond acceptors (Lipinski definition) is 1. The minimum atomic E-state index is 0.368. The summed E-state index contributed by atoms with van der Waals surface area (Å²) in [5.74, 6) is 0.667. The minimum absolute atomic E-state index is 0.368. The largest absolute Gasteiger partial charge is 0.327 e. The van der Waals surface area contributed by atoms with Gasteiger partial charge in [-0.15, -0.1) is 6.58 Å². The van der Waals surface area contributed by atoms with Gasteiger partial charge in [0.05, 0.1) is 0 Å². The Morgan fingerprint density at radius 3 is 2.55 bits per heavy atom. The van der Waals surface area contributed by atoms with Gasteiger partial charge in [0.25, 0.3) is 0 Å². The molecular formula is C10H21N. The van der Waals surface area contributed by atoms with Crippen molar-refractivity contribution in [3.63, 3.8) is 0 Å². The van der Waals surface area contributed by atoms with E-state index in [1.807, 2.05) is 6.08 Å². The van der Waals surface area contributed by atoms with Crippen LogP contribution in [0.3, 0.4) is 0 Å². The lowest BCUT2D eigenvalue weighted by Crippen LogP contribution is -2.27. The van der Waals surface area contributed by atoms with Gasteiger partial charge in [-0.25, -0.2) is 0 Å². The van der Waals surface area contributed by atoms with Gasteiger partial charge < -0.3 is 5.73 Å². The Balaban J connectivity index is 3.45. The second kappa shape index (κ2) is 6.41. The maximum absolute atomic E-state index is 5.94. The Labute approximate surface area is 70.7 Å². The van der Waals surface area contributed by atoms with Gasteiger partial charge in [0.1, 0.15) is 0 Å². The SMILES string of the molecule is C=CCCC(N)C(C)CCC. The van der Waals surface area contributed by atoms with Crippen LogP contribution in [0.2, 0.25) is 0 Å². The van der Waals surface area contributed by atoms with Gasteiger partial charge >= 0.3 is 0 Å². The fraction of sp³-hybridized carbons (Fsp3) is 0.800. The van der Waals surface area contributed by atoms with Crippen LogP contribution in [0.4, 0.5) is 0 Å².